The van der Waals surface area contributed by atoms with Crippen LogP contribution in [0.2, 0.25) is 5.02 Å². The number of ketones is 1. The second-order valence-corrected chi connectivity index (χ2v) is 7.23. The van der Waals surface area contributed by atoms with Gasteiger partial charge in [0.05, 0.1) is 5.69 Å². The van der Waals surface area contributed by atoms with Crippen LogP contribution in [-0.4, -0.2) is 27.7 Å². The minimum absolute atomic E-state index is 0.136. The maximum atomic E-state index is 13.2. The molecule has 1 aromatic carbocycles. The zero-order chi connectivity index (χ0) is 22.3. The van der Waals surface area contributed by atoms with E-state index in [0.29, 0.717) is 16.1 Å². The van der Waals surface area contributed by atoms with Crippen molar-refractivity contribution in [3.05, 3.63) is 50.7 Å². The topological polar surface area (TPSA) is 61.2 Å². The molecule has 1 aromatic heterocycles. The number of esters is 1. The molecule has 9 heteroatoms. The molecule has 0 aliphatic rings. The molecular formula is C20H20ClF3N2O3. The Labute approximate surface area is 171 Å². The highest BCUT2D eigenvalue weighted by atomic mass is 35.5. The van der Waals surface area contributed by atoms with Gasteiger partial charge in [-0.05, 0) is 63.5 Å². The van der Waals surface area contributed by atoms with Crippen LogP contribution >= 0.6 is 11.6 Å². The highest BCUT2D eigenvalue weighted by Crippen LogP contribution is 2.34. The normalized spacial score (nSPS) is 11.4. The van der Waals surface area contributed by atoms with Gasteiger partial charge in [0.25, 0.3) is 0 Å². The van der Waals surface area contributed by atoms with E-state index in [1.54, 1.807) is 13.0 Å². The first-order valence-electron chi connectivity index (χ1n) is 8.58. The summed E-state index contributed by atoms with van der Waals surface area (Å²) in [6.07, 6.45) is -5.21. The van der Waals surface area contributed by atoms with E-state index in [1.165, 1.54) is 20.0 Å². The first-order valence-corrected chi connectivity index (χ1v) is 8.96. The van der Waals surface area contributed by atoms with Crippen molar-refractivity contribution in [2.24, 2.45) is 7.05 Å². The molecular weight excluding hydrogens is 409 g/mol. The van der Waals surface area contributed by atoms with E-state index in [4.69, 9.17) is 11.6 Å². The quantitative estimate of drug-likeness (QED) is 0.496. The van der Waals surface area contributed by atoms with E-state index in [0.717, 1.165) is 15.8 Å². The highest BCUT2D eigenvalue weighted by Gasteiger charge is 2.43. The first-order chi connectivity index (χ1) is 13.3. The maximum Gasteiger partial charge on any atom is 0.491 e. The second-order valence-electron chi connectivity index (χ2n) is 6.83. The smallest absolute Gasteiger partial charge is 0.400 e. The lowest BCUT2D eigenvalue weighted by atomic mass is 9.91. The van der Waals surface area contributed by atoms with Crippen molar-refractivity contribution in [3.8, 4) is 5.88 Å². The number of ether oxygens (including phenoxy) is 1. The molecule has 0 bridgehead atoms. The number of hydrogen-bond acceptors (Lipinski definition) is 4. The molecule has 5 nitrogen and oxygen atoms in total. The fourth-order valence-electron chi connectivity index (χ4n) is 2.93. The number of halogens is 4. The van der Waals surface area contributed by atoms with Gasteiger partial charge in [-0.2, -0.15) is 18.3 Å². The molecule has 0 saturated carbocycles. The van der Waals surface area contributed by atoms with Crippen LogP contribution in [0.15, 0.2) is 17.7 Å². The van der Waals surface area contributed by atoms with E-state index in [1.807, 2.05) is 20.8 Å². The van der Waals surface area contributed by atoms with Gasteiger partial charge in [0.2, 0.25) is 11.7 Å². The van der Waals surface area contributed by atoms with Gasteiger partial charge in [-0.15, -0.1) is 0 Å². The minimum Gasteiger partial charge on any atom is -0.400 e. The summed E-state index contributed by atoms with van der Waals surface area (Å²) >= 11 is 6.32. The largest absolute Gasteiger partial charge is 0.491 e. The Morgan fingerprint density at radius 2 is 1.69 bits per heavy atom. The molecule has 2 aromatic rings. The molecule has 0 spiro atoms. The van der Waals surface area contributed by atoms with Crippen molar-refractivity contribution in [1.82, 2.24) is 9.78 Å². The predicted molar refractivity (Wildman–Crippen MR) is 103 cm³/mol. The molecule has 0 aliphatic heterocycles. The Hall–Kier alpha value is -2.61. The highest BCUT2D eigenvalue weighted by molar-refractivity contribution is 6.33. The molecule has 0 radical (unpaired) electrons. The second kappa shape index (κ2) is 8.02. The van der Waals surface area contributed by atoms with Gasteiger partial charge < -0.3 is 4.74 Å². The molecule has 0 unspecified atom stereocenters. The summed E-state index contributed by atoms with van der Waals surface area (Å²) in [6, 6.07) is 3.04. The summed E-state index contributed by atoms with van der Waals surface area (Å²) in [5.74, 6) is -3.61. The number of nitrogens with zero attached hydrogens (tertiary/aromatic N) is 2. The number of aromatic nitrogens is 2. The summed E-state index contributed by atoms with van der Waals surface area (Å²) < 4.78 is 43.3. The van der Waals surface area contributed by atoms with E-state index >= 15 is 0 Å². The van der Waals surface area contributed by atoms with Gasteiger partial charge in [0.1, 0.15) is 5.56 Å². The lowest BCUT2D eigenvalue weighted by molar-refractivity contribution is -0.190. The zero-order valence-electron chi connectivity index (χ0n) is 16.8. The Morgan fingerprint density at radius 1 is 1.10 bits per heavy atom. The first kappa shape index (κ1) is 22.7. The molecule has 29 heavy (non-hydrogen) atoms. The average Bonchev–Trinajstić information content (AvgIpc) is 2.86. The molecule has 0 atom stereocenters. The number of hydrogen-bond donors (Lipinski definition) is 0. The van der Waals surface area contributed by atoms with E-state index < -0.39 is 23.8 Å². The van der Waals surface area contributed by atoms with E-state index in [-0.39, 0.29) is 16.8 Å². The number of alkyl halides is 3. The van der Waals surface area contributed by atoms with Gasteiger partial charge in [-0.25, -0.2) is 9.48 Å². The Kier molecular flexibility index (Phi) is 6.27. The van der Waals surface area contributed by atoms with Crippen molar-refractivity contribution in [1.29, 1.82) is 0 Å². The number of aryl methyl sites for hydroxylation is 2. The molecule has 0 aliphatic carbocycles. The lowest BCUT2D eigenvalue weighted by Gasteiger charge is -2.15. The van der Waals surface area contributed by atoms with Crippen LogP contribution in [0.4, 0.5) is 13.2 Å². The van der Waals surface area contributed by atoms with Crippen LogP contribution in [-0.2, 0) is 11.8 Å². The third-order valence-corrected chi connectivity index (χ3v) is 4.92. The minimum atomic E-state index is -5.21. The maximum absolute atomic E-state index is 13.2. The van der Waals surface area contributed by atoms with Gasteiger partial charge in [-0.1, -0.05) is 17.2 Å². The Morgan fingerprint density at radius 3 is 2.21 bits per heavy atom. The fraction of sp³-hybridized carbons (Fsp3) is 0.350. The van der Waals surface area contributed by atoms with Crippen molar-refractivity contribution < 1.29 is 27.5 Å². The summed E-state index contributed by atoms with van der Waals surface area (Å²) in [5, 5.41) is 4.39. The summed E-state index contributed by atoms with van der Waals surface area (Å²) in [7, 11) is 1.29. The van der Waals surface area contributed by atoms with Crippen LogP contribution in [0.25, 0.3) is 5.57 Å². The van der Waals surface area contributed by atoms with Crippen molar-refractivity contribution >= 4 is 28.9 Å². The monoisotopic (exact) mass is 428 g/mol. The molecule has 2 rings (SSSR count). The van der Waals surface area contributed by atoms with Gasteiger partial charge in [0.15, 0.2) is 0 Å². The number of allylic oxidation sites excluding steroid dienone is 2. The van der Waals surface area contributed by atoms with Crippen molar-refractivity contribution in [2.75, 3.05) is 0 Å². The Balaban J connectivity index is 2.65. The van der Waals surface area contributed by atoms with Gasteiger partial charge in [0, 0.05) is 17.6 Å². The van der Waals surface area contributed by atoms with Gasteiger partial charge >= 0.3 is 12.1 Å². The summed E-state index contributed by atoms with van der Waals surface area (Å²) in [5.41, 5.74) is 3.27. The standard InChI is InChI=1S/C20H20ClF3N2O3/c1-9(2)10(3)15-11(4)13(7-8-14(15)21)17(27)16-12(5)25-26(6)18(16)29-19(28)20(22,23)24/h7-8H,1-6H3. The zero-order valence-corrected chi connectivity index (χ0v) is 17.5. The van der Waals surface area contributed by atoms with Crippen molar-refractivity contribution in [3.63, 3.8) is 0 Å². The van der Waals surface area contributed by atoms with Crippen LogP contribution in [0.3, 0.4) is 0 Å². The average molecular weight is 429 g/mol. The molecule has 0 amide bonds. The third kappa shape index (κ3) is 4.37. The van der Waals surface area contributed by atoms with Crippen LogP contribution in [0.1, 0.15) is 53.5 Å². The number of carbonyl (C=O) groups excluding carboxylic acids is 2. The van der Waals surface area contributed by atoms with Crippen LogP contribution in [0.5, 0.6) is 5.88 Å². The summed E-state index contributed by atoms with van der Waals surface area (Å²) in [4.78, 5) is 24.5. The van der Waals surface area contributed by atoms with E-state index in [9.17, 15) is 22.8 Å². The fourth-order valence-corrected chi connectivity index (χ4v) is 3.28. The van der Waals surface area contributed by atoms with Crippen LogP contribution in [0, 0.1) is 13.8 Å². The molecule has 156 valence electrons. The predicted octanol–water partition coefficient (Wildman–Crippen LogP) is 5.20. The molecule has 0 N–H and O–H groups in total. The third-order valence-electron chi connectivity index (χ3n) is 4.60. The van der Waals surface area contributed by atoms with E-state index in [2.05, 4.69) is 9.84 Å². The van der Waals surface area contributed by atoms with Gasteiger partial charge in [-0.3, -0.25) is 4.79 Å². The Bertz CT molecular complexity index is 1030. The summed E-state index contributed by atoms with van der Waals surface area (Å²) in [6.45, 7) is 8.82. The molecule has 1 heterocycles. The lowest BCUT2D eigenvalue weighted by Crippen LogP contribution is -2.29. The molecule has 0 fully saturated rings. The van der Waals surface area contributed by atoms with Crippen LogP contribution < -0.4 is 4.74 Å². The SMILES string of the molecule is CC(C)=C(C)c1c(Cl)ccc(C(=O)c2c(C)nn(C)c2OC(=O)C(F)(F)F)c1C. The number of rotatable bonds is 4. The number of benzene rings is 1. The molecule has 0 saturated heterocycles. The van der Waals surface area contributed by atoms with Crippen molar-refractivity contribution in [2.45, 2.75) is 40.8 Å². The number of carbonyl (C=O) groups is 2.